The number of thioether (sulfide) groups is 1. The molecule has 1 aromatic carbocycles. The van der Waals surface area contributed by atoms with Gasteiger partial charge in [0.1, 0.15) is 15.8 Å². The molecular weight excluding hydrogens is 476 g/mol. The van der Waals surface area contributed by atoms with Gasteiger partial charge in [0.2, 0.25) is 0 Å². The van der Waals surface area contributed by atoms with Crippen molar-refractivity contribution in [1.29, 1.82) is 0 Å². The molecule has 2 aliphatic heterocycles. The van der Waals surface area contributed by atoms with E-state index < -0.39 is 0 Å². The van der Waals surface area contributed by atoms with E-state index in [0.717, 1.165) is 38.6 Å². The molecule has 1 fully saturated rings. The number of hydrogen-bond donors (Lipinski definition) is 0. The predicted octanol–water partition coefficient (Wildman–Crippen LogP) is 5.04. The van der Waals surface area contributed by atoms with Gasteiger partial charge in [-0.25, -0.2) is 4.98 Å². The molecule has 6 nitrogen and oxygen atoms in total. The predicted molar refractivity (Wildman–Crippen MR) is 147 cm³/mol. The number of benzene rings is 1. The van der Waals surface area contributed by atoms with Crippen molar-refractivity contribution in [2.45, 2.75) is 45.6 Å². The standard InChI is InChI=1S/C27H28N4O2S2/c1-2-3-4-8-15-31-26(33)22(35-27(31)34)17-21-24(28-23-12-7-9-14-30(23)25(21)32)29-16-13-19-10-5-6-11-20(19)18-29/h5-7,9-12,14,17H,2-4,8,13,15-16,18H2,1H3/b22-17-. The molecule has 1 saturated heterocycles. The minimum absolute atomic E-state index is 0.121. The molecule has 3 aromatic rings. The maximum absolute atomic E-state index is 13.6. The largest absolute Gasteiger partial charge is 0.351 e. The fourth-order valence-electron chi connectivity index (χ4n) is 4.66. The van der Waals surface area contributed by atoms with Crippen molar-refractivity contribution in [2.75, 3.05) is 18.0 Å². The number of carbonyl (C=O) groups is 1. The van der Waals surface area contributed by atoms with Crippen LogP contribution in [0.4, 0.5) is 5.82 Å². The Labute approximate surface area is 214 Å². The number of nitrogens with zero attached hydrogens (tertiary/aromatic N) is 4. The zero-order valence-corrected chi connectivity index (χ0v) is 21.4. The SMILES string of the molecule is CCCCCCN1C(=O)/C(=C/c2c(N3CCc4ccccc4C3)nc3ccccn3c2=O)SC1=S. The smallest absolute Gasteiger partial charge is 0.267 e. The van der Waals surface area contributed by atoms with Gasteiger partial charge >= 0.3 is 0 Å². The molecule has 0 aliphatic carbocycles. The normalized spacial score (nSPS) is 17.0. The lowest BCUT2D eigenvalue weighted by molar-refractivity contribution is -0.122. The Balaban J connectivity index is 1.53. The summed E-state index contributed by atoms with van der Waals surface area (Å²) in [6.45, 7) is 4.21. The summed E-state index contributed by atoms with van der Waals surface area (Å²) < 4.78 is 2.10. The highest BCUT2D eigenvalue weighted by atomic mass is 32.2. The van der Waals surface area contributed by atoms with Gasteiger partial charge in [-0.1, -0.05) is 80.5 Å². The molecule has 0 N–H and O–H groups in total. The van der Waals surface area contributed by atoms with Gasteiger partial charge in [0.25, 0.3) is 11.5 Å². The Kier molecular flexibility index (Phi) is 7.02. The van der Waals surface area contributed by atoms with Crippen LogP contribution in [0.15, 0.2) is 58.4 Å². The van der Waals surface area contributed by atoms with Gasteiger partial charge in [-0.3, -0.25) is 18.9 Å². The summed E-state index contributed by atoms with van der Waals surface area (Å²) in [7, 11) is 0. The fraction of sp³-hybridized carbons (Fsp3) is 0.333. The summed E-state index contributed by atoms with van der Waals surface area (Å²) in [5, 5.41) is 0. The van der Waals surface area contributed by atoms with E-state index in [-0.39, 0.29) is 11.5 Å². The van der Waals surface area contributed by atoms with Crippen LogP contribution in [0.25, 0.3) is 11.7 Å². The molecule has 2 aromatic heterocycles. The number of anilines is 1. The van der Waals surface area contributed by atoms with Crippen molar-refractivity contribution in [3.8, 4) is 0 Å². The first-order valence-corrected chi connectivity index (χ1v) is 13.4. The van der Waals surface area contributed by atoms with Gasteiger partial charge < -0.3 is 4.90 Å². The lowest BCUT2D eigenvalue weighted by atomic mass is 9.99. The van der Waals surface area contributed by atoms with Crippen molar-refractivity contribution in [1.82, 2.24) is 14.3 Å². The van der Waals surface area contributed by atoms with Crippen LogP contribution in [0.5, 0.6) is 0 Å². The number of hydrogen-bond acceptors (Lipinski definition) is 6. The number of carbonyl (C=O) groups excluding carboxylic acids is 1. The van der Waals surface area contributed by atoms with Crippen LogP contribution >= 0.6 is 24.0 Å². The lowest BCUT2D eigenvalue weighted by Gasteiger charge is -2.30. The Morgan fingerprint density at radius 2 is 1.86 bits per heavy atom. The van der Waals surface area contributed by atoms with E-state index in [0.29, 0.717) is 39.3 Å². The molecule has 35 heavy (non-hydrogen) atoms. The molecule has 0 bridgehead atoms. The van der Waals surface area contributed by atoms with Crippen molar-refractivity contribution in [2.24, 2.45) is 0 Å². The first-order chi connectivity index (χ1) is 17.1. The Morgan fingerprint density at radius 3 is 2.69 bits per heavy atom. The number of rotatable bonds is 7. The van der Waals surface area contributed by atoms with E-state index >= 15 is 0 Å². The summed E-state index contributed by atoms with van der Waals surface area (Å²) in [6.07, 6.45) is 8.58. The lowest BCUT2D eigenvalue weighted by Crippen LogP contribution is -2.34. The van der Waals surface area contributed by atoms with Gasteiger partial charge in [-0.15, -0.1) is 0 Å². The number of pyridine rings is 1. The zero-order valence-electron chi connectivity index (χ0n) is 19.8. The Morgan fingerprint density at radius 1 is 1.06 bits per heavy atom. The average Bonchev–Trinajstić information content (AvgIpc) is 3.15. The van der Waals surface area contributed by atoms with E-state index in [2.05, 4.69) is 30.0 Å². The van der Waals surface area contributed by atoms with Crippen molar-refractivity contribution < 1.29 is 4.79 Å². The summed E-state index contributed by atoms with van der Waals surface area (Å²) in [6, 6.07) is 13.9. The molecule has 0 unspecified atom stereocenters. The highest BCUT2D eigenvalue weighted by molar-refractivity contribution is 8.26. The number of unbranched alkanes of at least 4 members (excludes halogenated alkanes) is 3. The third kappa shape index (κ3) is 4.77. The van der Waals surface area contributed by atoms with E-state index in [1.54, 1.807) is 21.6 Å². The van der Waals surface area contributed by atoms with Crippen LogP contribution < -0.4 is 10.5 Å². The molecule has 180 valence electrons. The van der Waals surface area contributed by atoms with Crippen molar-refractivity contribution in [3.63, 3.8) is 0 Å². The molecule has 1 amide bonds. The number of fused-ring (bicyclic) bond motifs is 2. The Bertz CT molecular complexity index is 1380. The second kappa shape index (κ2) is 10.3. The molecule has 0 radical (unpaired) electrons. The third-order valence-electron chi connectivity index (χ3n) is 6.56. The monoisotopic (exact) mass is 504 g/mol. The minimum Gasteiger partial charge on any atom is -0.351 e. The molecule has 8 heteroatoms. The first kappa shape index (κ1) is 23.8. The molecule has 4 heterocycles. The third-order valence-corrected chi connectivity index (χ3v) is 7.94. The fourth-order valence-corrected chi connectivity index (χ4v) is 5.95. The molecule has 0 saturated carbocycles. The summed E-state index contributed by atoms with van der Waals surface area (Å²) in [5.41, 5.74) is 3.40. The molecule has 0 atom stereocenters. The molecular formula is C27H28N4O2S2. The van der Waals surface area contributed by atoms with E-state index in [1.165, 1.54) is 22.9 Å². The van der Waals surface area contributed by atoms with Crippen LogP contribution in [0.1, 0.15) is 49.3 Å². The highest BCUT2D eigenvalue weighted by Crippen LogP contribution is 2.34. The molecule has 0 spiro atoms. The average molecular weight is 505 g/mol. The van der Waals surface area contributed by atoms with Gasteiger partial charge in [0, 0.05) is 25.8 Å². The zero-order chi connectivity index (χ0) is 24.4. The summed E-state index contributed by atoms with van der Waals surface area (Å²) in [5.74, 6) is 0.493. The maximum Gasteiger partial charge on any atom is 0.267 e. The van der Waals surface area contributed by atoms with Crippen LogP contribution in [0.2, 0.25) is 0 Å². The second-order valence-corrected chi connectivity index (χ2v) is 10.6. The van der Waals surface area contributed by atoms with Gasteiger partial charge in [0.15, 0.2) is 0 Å². The van der Waals surface area contributed by atoms with Gasteiger partial charge in [-0.05, 0) is 42.2 Å². The second-order valence-electron chi connectivity index (χ2n) is 8.92. The van der Waals surface area contributed by atoms with Crippen molar-refractivity contribution in [3.05, 3.63) is 80.6 Å². The van der Waals surface area contributed by atoms with Crippen LogP contribution in [-0.4, -0.2) is 37.6 Å². The van der Waals surface area contributed by atoms with Crippen LogP contribution in [0, 0.1) is 0 Å². The van der Waals surface area contributed by atoms with E-state index in [4.69, 9.17) is 17.2 Å². The first-order valence-electron chi connectivity index (χ1n) is 12.2. The molecule has 5 rings (SSSR count). The van der Waals surface area contributed by atoms with Gasteiger partial charge in [-0.2, -0.15) is 0 Å². The van der Waals surface area contributed by atoms with Crippen molar-refractivity contribution >= 4 is 51.7 Å². The summed E-state index contributed by atoms with van der Waals surface area (Å²) in [4.78, 5) is 36.0. The van der Waals surface area contributed by atoms with Crippen LogP contribution in [-0.2, 0) is 17.8 Å². The number of amides is 1. The quantitative estimate of drug-likeness (QED) is 0.255. The van der Waals surface area contributed by atoms with E-state index in [1.807, 2.05) is 24.3 Å². The minimum atomic E-state index is -0.183. The van der Waals surface area contributed by atoms with Crippen LogP contribution in [0.3, 0.4) is 0 Å². The van der Waals surface area contributed by atoms with Gasteiger partial charge in [0.05, 0.1) is 10.5 Å². The number of thiocarbonyl (C=S) groups is 1. The summed E-state index contributed by atoms with van der Waals surface area (Å²) >= 11 is 6.79. The highest BCUT2D eigenvalue weighted by Gasteiger charge is 2.32. The molecule has 2 aliphatic rings. The maximum atomic E-state index is 13.6. The Hall–Kier alpha value is -2.97. The topological polar surface area (TPSA) is 57.9 Å². The van der Waals surface area contributed by atoms with E-state index in [9.17, 15) is 9.59 Å². The number of aromatic nitrogens is 2.